The van der Waals surface area contributed by atoms with Crippen LogP contribution in [0.3, 0.4) is 0 Å². The molecule has 0 atom stereocenters. The van der Waals surface area contributed by atoms with Crippen molar-refractivity contribution in [2.24, 2.45) is 0 Å². The Balaban J connectivity index is 1.68. The lowest BCUT2D eigenvalue weighted by Gasteiger charge is -2.06. The third-order valence-electron chi connectivity index (χ3n) is 2.98. The fourth-order valence-electron chi connectivity index (χ4n) is 1.85. The lowest BCUT2D eigenvalue weighted by atomic mass is 10.1. The van der Waals surface area contributed by atoms with Crippen LogP contribution in [0.2, 0.25) is 0 Å². The minimum absolute atomic E-state index is 0.802. The van der Waals surface area contributed by atoms with Crippen molar-refractivity contribution >= 4 is 0 Å². The Hall–Kier alpha value is -0.860. The van der Waals surface area contributed by atoms with Crippen LogP contribution in [0.15, 0.2) is 24.3 Å². The number of benzene rings is 1. The Bertz CT molecular complexity index is 303. The van der Waals surface area contributed by atoms with E-state index in [9.17, 15) is 0 Å². The predicted molar refractivity (Wildman–Crippen MR) is 66.6 cm³/mol. The van der Waals surface area contributed by atoms with E-state index < -0.39 is 0 Å². The van der Waals surface area contributed by atoms with E-state index in [1.807, 2.05) is 6.92 Å². The fourth-order valence-corrected chi connectivity index (χ4v) is 1.85. The topological polar surface area (TPSA) is 21.3 Å². The predicted octanol–water partition coefficient (Wildman–Crippen LogP) is 2.69. The highest BCUT2D eigenvalue weighted by molar-refractivity contribution is 5.27. The molecule has 2 rings (SSSR count). The number of hydrogen-bond donors (Lipinski definition) is 1. The number of nitrogens with one attached hydrogen (secondary N) is 1. The van der Waals surface area contributed by atoms with Gasteiger partial charge in [-0.3, -0.25) is 0 Å². The lowest BCUT2D eigenvalue weighted by molar-refractivity contribution is 0.149. The smallest absolute Gasteiger partial charge is 0.0590 e. The van der Waals surface area contributed by atoms with Crippen LogP contribution < -0.4 is 5.32 Å². The Morgan fingerprint density at radius 2 is 2.00 bits per heavy atom. The molecule has 88 valence electrons. The highest BCUT2D eigenvalue weighted by Crippen LogP contribution is 2.39. The normalized spacial score (nSPS) is 15.3. The number of rotatable bonds is 7. The largest absolute Gasteiger partial charge is 0.380 e. The Morgan fingerprint density at radius 1 is 1.25 bits per heavy atom. The molecule has 0 heterocycles. The molecule has 1 N–H and O–H groups in total. The number of ether oxygens (including phenoxy) is 1. The van der Waals surface area contributed by atoms with E-state index in [2.05, 4.69) is 29.6 Å². The van der Waals surface area contributed by atoms with Gasteiger partial charge in [0.05, 0.1) is 6.61 Å². The van der Waals surface area contributed by atoms with Crippen molar-refractivity contribution in [2.75, 3.05) is 19.8 Å². The summed E-state index contributed by atoms with van der Waals surface area (Å²) in [5.41, 5.74) is 2.87. The standard InChI is InChI=1S/C14H21NO/c1-2-16-10-9-15-11-12-3-5-13(6-4-12)14-7-8-14/h3-6,14-15H,2,7-11H2,1H3. The first-order valence-electron chi connectivity index (χ1n) is 6.27. The molecule has 2 heteroatoms. The zero-order chi connectivity index (χ0) is 11.2. The van der Waals surface area contributed by atoms with Gasteiger partial charge in [-0.2, -0.15) is 0 Å². The van der Waals surface area contributed by atoms with Gasteiger partial charge in [-0.15, -0.1) is 0 Å². The SMILES string of the molecule is CCOCCNCc1ccc(C2CC2)cc1. The molecule has 1 aromatic carbocycles. The highest BCUT2D eigenvalue weighted by Gasteiger charge is 2.22. The molecule has 1 aliphatic carbocycles. The molecule has 0 saturated heterocycles. The monoisotopic (exact) mass is 219 g/mol. The molecule has 2 nitrogen and oxygen atoms in total. The van der Waals surface area contributed by atoms with E-state index in [0.717, 1.165) is 32.2 Å². The second-order valence-electron chi connectivity index (χ2n) is 4.39. The van der Waals surface area contributed by atoms with Gasteiger partial charge in [0, 0.05) is 19.7 Å². The minimum Gasteiger partial charge on any atom is -0.380 e. The molecule has 0 amide bonds. The van der Waals surface area contributed by atoms with Crippen LogP contribution >= 0.6 is 0 Å². The van der Waals surface area contributed by atoms with Gasteiger partial charge < -0.3 is 10.1 Å². The second-order valence-corrected chi connectivity index (χ2v) is 4.39. The third-order valence-corrected chi connectivity index (χ3v) is 2.98. The quantitative estimate of drug-likeness (QED) is 0.712. The molecule has 16 heavy (non-hydrogen) atoms. The summed E-state index contributed by atoms with van der Waals surface area (Å²) >= 11 is 0. The van der Waals surface area contributed by atoms with Crippen LogP contribution in [0.25, 0.3) is 0 Å². The van der Waals surface area contributed by atoms with Gasteiger partial charge in [0.2, 0.25) is 0 Å². The Labute approximate surface area is 98.0 Å². The molecule has 1 saturated carbocycles. The van der Waals surface area contributed by atoms with Gasteiger partial charge in [0.15, 0.2) is 0 Å². The van der Waals surface area contributed by atoms with E-state index in [1.165, 1.54) is 24.0 Å². The van der Waals surface area contributed by atoms with Crippen LogP contribution in [0.4, 0.5) is 0 Å². The summed E-state index contributed by atoms with van der Waals surface area (Å²) in [6.07, 6.45) is 2.76. The average molecular weight is 219 g/mol. The number of hydrogen-bond acceptors (Lipinski definition) is 2. The van der Waals surface area contributed by atoms with Crippen molar-refractivity contribution in [3.63, 3.8) is 0 Å². The molecule has 0 spiro atoms. The average Bonchev–Trinajstić information content (AvgIpc) is 3.14. The Morgan fingerprint density at radius 3 is 2.62 bits per heavy atom. The first kappa shape index (κ1) is 11.6. The molecule has 1 aromatic rings. The molecule has 0 unspecified atom stereocenters. The van der Waals surface area contributed by atoms with E-state index in [1.54, 1.807) is 0 Å². The lowest BCUT2D eigenvalue weighted by Crippen LogP contribution is -2.19. The van der Waals surface area contributed by atoms with E-state index in [0.29, 0.717) is 0 Å². The summed E-state index contributed by atoms with van der Waals surface area (Å²) in [4.78, 5) is 0. The van der Waals surface area contributed by atoms with Crippen LogP contribution in [-0.4, -0.2) is 19.8 Å². The fraction of sp³-hybridized carbons (Fsp3) is 0.571. The van der Waals surface area contributed by atoms with E-state index in [4.69, 9.17) is 4.74 Å². The van der Waals surface area contributed by atoms with Gasteiger partial charge in [0.1, 0.15) is 0 Å². The molecule has 0 aromatic heterocycles. The zero-order valence-electron chi connectivity index (χ0n) is 10.0. The van der Waals surface area contributed by atoms with Crippen molar-refractivity contribution < 1.29 is 4.74 Å². The third kappa shape index (κ3) is 3.62. The maximum atomic E-state index is 5.27. The summed E-state index contributed by atoms with van der Waals surface area (Å²) in [5, 5.41) is 3.38. The van der Waals surface area contributed by atoms with Crippen molar-refractivity contribution in [3.8, 4) is 0 Å². The first-order chi connectivity index (χ1) is 7.90. The van der Waals surface area contributed by atoms with Gasteiger partial charge in [0.25, 0.3) is 0 Å². The summed E-state index contributed by atoms with van der Waals surface area (Å²) in [6.45, 7) is 5.50. The molecule has 1 fully saturated rings. The maximum absolute atomic E-state index is 5.27. The van der Waals surface area contributed by atoms with Gasteiger partial charge in [-0.25, -0.2) is 0 Å². The van der Waals surface area contributed by atoms with E-state index >= 15 is 0 Å². The summed E-state index contributed by atoms with van der Waals surface area (Å²) in [6, 6.07) is 9.02. The van der Waals surface area contributed by atoms with Crippen LogP contribution in [0, 0.1) is 0 Å². The van der Waals surface area contributed by atoms with Gasteiger partial charge in [-0.05, 0) is 36.8 Å². The first-order valence-corrected chi connectivity index (χ1v) is 6.27. The van der Waals surface area contributed by atoms with Crippen LogP contribution in [0.5, 0.6) is 0 Å². The summed E-state index contributed by atoms with van der Waals surface area (Å²) in [5.74, 6) is 0.861. The molecule has 0 aliphatic heterocycles. The molecular formula is C14H21NO. The molecule has 1 aliphatic rings. The Kier molecular flexibility index (Phi) is 4.37. The van der Waals surface area contributed by atoms with Gasteiger partial charge >= 0.3 is 0 Å². The molecule has 0 bridgehead atoms. The molecular weight excluding hydrogens is 198 g/mol. The summed E-state index contributed by atoms with van der Waals surface area (Å²) < 4.78 is 5.27. The minimum atomic E-state index is 0.802. The van der Waals surface area contributed by atoms with E-state index in [-0.39, 0.29) is 0 Å². The highest BCUT2D eigenvalue weighted by atomic mass is 16.5. The van der Waals surface area contributed by atoms with Crippen LogP contribution in [-0.2, 0) is 11.3 Å². The van der Waals surface area contributed by atoms with Crippen molar-refractivity contribution in [1.29, 1.82) is 0 Å². The van der Waals surface area contributed by atoms with Crippen molar-refractivity contribution in [3.05, 3.63) is 35.4 Å². The van der Waals surface area contributed by atoms with Gasteiger partial charge in [-0.1, -0.05) is 24.3 Å². The second kappa shape index (κ2) is 6.02. The van der Waals surface area contributed by atoms with Crippen molar-refractivity contribution in [1.82, 2.24) is 5.32 Å². The summed E-state index contributed by atoms with van der Waals surface area (Å²) in [7, 11) is 0. The maximum Gasteiger partial charge on any atom is 0.0590 e. The molecule has 0 radical (unpaired) electrons. The van der Waals surface area contributed by atoms with Crippen LogP contribution in [0.1, 0.15) is 36.8 Å². The van der Waals surface area contributed by atoms with Crippen molar-refractivity contribution in [2.45, 2.75) is 32.2 Å². The zero-order valence-corrected chi connectivity index (χ0v) is 10.0.